The molecular formula is C14H7BrF3N3O4. The van der Waals surface area contributed by atoms with E-state index in [-0.39, 0.29) is 27.1 Å². The lowest BCUT2D eigenvalue weighted by Gasteiger charge is -2.14. The van der Waals surface area contributed by atoms with Crippen molar-refractivity contribution in [3.8, 4) is 11.4 Å². The molecule has 0 fully saturated rings. The number of aromatic nitrogens is 1. The molecule has 1 aliphatic heterocycles. The van der Waals surface area contributed by atoms with Crippen LogP contribution in [-0.2, 0) is 0 Å². The lowest BCUT2D eigenvalue weighted by molar-refractivity contribution is -0.274. The summed E-state index contributed by atoms with van der Waals surface area (Å²) < 4.78 is 41.6. The fraction of sp³-hybridized carbons (Fsp3) is 0.0714. The fourth-order valence-electron chi connectivity index (χ4n) is 2.38. The predicted molar refractivity (Wildman–Crippen MR) is 82.6 cm³/mol. The Morgan fingerprint density at radius 3 is 2.40 bits per heavy atom. The van der Waals surface area contributed by atoms with E-state index in [4.69, 9.17) is 5.73 Å². The summed E-state index contributed by atoms with van der Waals surface area (Å²) in [7, 11) is 0. The smallest absolute Gasteiger partial charge is 0.405 e. The number of carbonyl (C=O) groups excluding carboxylic acids is 2. The normalized spacial score (nSPS) is 13.6. The summed E-state index contributed by atoms with van der Waals surface area (Å²) in [5.41, 5.74) is 4.87. The van der Waals surface area contributed by atoms with Crippen molar-refractivity contribution in [2.24, 2.45) is 0 Å². The van der Waals surface area contributed by atoms with Gasteiger partial charge in [-0.15, -0.1) is 13.2 Å². The van der Waals surface area contributed by atoms with Crippen LogP contribution in [0, 0.1) is 0 Å². The third kappa shape index (κ3) is 2.97. The maximum atomic E-state index is 12.3. The van der Waals surface area contributed by atoms with Gasteiger partial charge in [-0.1, -0.05) is 0 Å². The molecule has 0 atom stereocenters. The van der Waals surface area contributed by atoms with Gasteiger partial charge in [0, 0.05) is 6.07 Å². The summed E-state index contributed by atoms with van der Waals surface area (Å²) in [5.74, 6) is -2.33. The number of nitrogens with zero attached hydrogens (tertiary/aromatic N) is 1. The third-order valence-electron chi connectivity index (χ3n) is 3.35. The van der Waals surface area contributed by atoms with E-state index in [1.165, 1.54) is 6.07 Å². The number of amides is 2. The summed E-state index contributed by atoms with van der Waals surface area (Å²) in [6, 6.07) is 4.24. The molecule has 1 aromatic heterocycles. The molecule has 0 unspecified atom stereocenters. The van der Waals surface area contributed by atoms with E-state index >= 15 is 0 Å². The first kappa shape index (κ1) is 17.0. The number of benzene rings is 1. The SMILES string of the molecule is Nc1c2c(cc(=O)n1-c1ccc(OC(F)(F)F)c(Br)c1)C(=O)NC2=O. The van der Waals surface area contributed by atoms with Gasteiger partial charge in [-0.05, 0) is 34.1 Å². The number of halogens is 4. The van der Waals surface area contributed by atoms with Crippen LogP contribution in [0.5, 0.6) is 5.75 Å². The highest BCUT2D eigenvalue weighted by molar-refractivity contribution is 9.10. The second-order valence-corrected chi connectivity index (χ2v) is 5.79. The topological polar surface area (TPSA) is 103 Å². The lowest BCUT2D eigenvalue weighted by atomic mass is 10.1. The fourth-order valence-corrected chi connectivity index (χ4v) is 2.83. The molecule has 2 heterocycles. The molecule has 2 amide bonds. The van der Waals surface area contributed by atoms with E-state index in [1.807, 2.05) is 5.32 Å². The average Bonchev–Trinajstić information content (AvgIpc) is 2.75. The summed E-state index contributed by atoms with van der Waals surface area (Å²) >= 11 is 2.92. The van der Waals surface area contributed by atoms with Gasteiger partial charge in [0.25, 0.3) is 17.4 Å². The van der Waals surface area contributed by atoms with Crippen LogP contribution in [0.4, 0.5) is 19.0 Å². The molecule has 25 heavy (non-hydrogen) atoms. The number of rotatable bonds is 2. The number of hydrogen-bond donors (Lipinski definition) is 2. The zero-order valence-corrected chi connectivity index (χ0v) is 13.6. The molecule has 2 aromatic rings. The molecule has 0 saturated carbocycles. The number of nitrogens with two attached hydrogens (primary N) is 1. The van der Waals surface area contributed by atoms with Crippen LogP contribution in [0.1, 0.15) is 20.7 Å². The number of nitrogen functional groups attached to an aromatic ring is 1. The maximum Gasteiger partial charge on any atom is 0.573 e. The Balaban J connectivity index is 2.14. The molecule has 130 valence electrons. The summed E-state index contributed by atoms with van der Waals surface area (Å²) in [6.07, 6.45) is -4.88. The average molecular weight is 418 g/mol. The van der Waals surface area contributed by atoms with Crippen LogP contribution in [0.3, 0.4) is 0 Å². The largest absolute Gasteiger partial charge is 0.573 e. The maximum absolute atomic E-state index is 12.3. The van der Waals surface area contributed by atoms with E-state index in [0.717, 1.165) is 22.8 Å². The number of pyridine rings is 1. The molecule has 0 spiro atoms. The highest BCUT2D eigenvalue weighted by Gasteiger charge is 2.33. The van der Waals surface area contributed by atoms with Gasteiger partial charge in [0.2, 0.25) is 0 Å². The van der Waals surface area contributed by atoms with Gasteiger partial charge < -0.3 is 10.5 Å². The lowest BCUT2D eigenvalue weighted by Crippen LogP contribution is -2.24. The Bertz CT molecular complexity index is 985. The number of alkyl halides is 3. The molecule has 3 rings (SSSR count). The molecule has 7 nitrogen and oxygen atoms in total. The van der Waals surface area contributed by atoms with E-state index in [0.29, 0.717) is 0 Å². The van der Waals surface area contributed by atoms with Crippen molar-refractivity contribution in [3.63, 3.8) is 0 Å². The standard InChI is InChI=1S/C14H7BrF3N3O4/c15-7-3-5(1-2-8(7)25-14(16,17)18)21-9(22)4-6-10(11(21)19)13(24)20-12(6)23/h1-4H,19H2,(H,20,23,24). The van der Waals surface area contributed by atoms with Gasteiger partial charge in [0.05, 0.1) is 21.3 Å². The van der Waals surface area contributed by atoms with Crippen molar-refractivity contribution in [3.05, 3.63) is 50.2 Å². The quantitative estimate of drug-likeness (QED) is 0.727. The van der Waals surface area contributed by atoms with Crippen molar-refractivity contribution >= 4 is 33.6 Å². The highest BCUT2D eigenvalue weighted by atomic mass is 79.9. The number of imide groups is 1. The van der Waals surface area contributed by atoms with Gasteiger partial charge in [-0.3, -0.25) is 24.3 Å². The van der Waals surface area contributed by atoms with Gasteiger partial charge in [0.1, 0.15) is 11.6 Å². The molecule has 3 N–H and O–H groups in total. The molecule has 0 radical (unpaired) electrons. The van der Waals surface area contributed by atoms with E-state index in [1.54, 1.807) is 0 Å². The van der Waals surface area contributed by atoms with E-state index < -0.39 is 29.5 Å². The van der Waals surface area contributed by atoms with E-state index in [2.05, 4.69) is 20.7 Å². The number of anilines is 1. The van der Waals surface area contributed by atoms with Crippen molar-refractivity contribution in [2.45, 2.75) is 6.36 Å². The second kappa shape index (κ2) is 5.62. The molecular weight excluding hydrogens is 411 g/mol. The first-order chi connectivity index (χ1) is 11.6. The number of fused-ring (bicyclic) bond motifs is 1. The van der Waals surface area contributed by atoms with Crippen LogP contribution >= 0.6 is 15.9 Å². The van der Waals surface area contributed by atoms with E-state index in [9.17, 15) is 27.6 Å². The minimum absolute atomic E-state index is 0.0823. The van der Waals surface area contributed by atoms with Crippen LogP contribution < -0.4 is 21.3 Å². The molecule has 1 aliphatic rings. The molecule has 11 heteroatoms. The Morgan fingerprint density at radius 1 is 1.12 bits per heavy atom. The van der Waals surface area contributed by atoms with Crippen molar-refractivity contribution < 1.29 is 27.5 Å². The van der Waals surface area contributed by atoms with Gasteiger partial charge >= 0.3 is 6.36 Å². The number of hydrogen-bond acceptors (Lipinski definition) is 5. The third-order valence-corrected chi connectivity index (χ3v) is 3.97. The Morgan fingerprint density at radius 2 is 1.80 bits per heavy atom. The molecule has 0 bridgehead atoms. The van der Waals surface area contributed by atoms with Gasteiger partial charge in [0.15, 0.2) is 0 Å². The number of nitrogens with one attached hydrogen (secondary N) is 1. The minimum atomic E-state index is -4.88. The highest BCUT2D eigenvalue weighted by Crippen LogP contribution is 2.32. The number of carbonyl (C=O) groups is 2. The first-order valence-corrected chi connectivity index (χ1v) is 7.34. The molecule has 1 aromatic carbocycles. The zero-order valence-electron chi connectivity index (χ0n) is 12.0. The Hall–Kier alpha value is -2.82. The summed E-state index contributed by atoms with van der Waals surface area (Å²) in [6.45, 7) is 0. The summed E-state index contributed by atoms with van der Waals surface area (Å²) in [4.78, 5) is 35.6. The summed E-state index contributed by atoms with van der Waals surface area (Å²) in [5, 5.41) is 2.01. The molecule has 0 saturated heterocycles. The first-order valence-electron chi connectivity index (χ1n) is 6.55. The Kier molecular flexibility index (Phi) is 3.82. The van der Waals surface area contributed by atoms with Crippen LogP contribution in [0.2, 0.25) is 0 Å². The van der Waals surface area contributed by atoms with Crippen molar-refractivity contribution in [1.82, 2.24) is 9.88 Å². The minimum Gasteiger partial charge on any atom is -0.405 e. The van der Waals surface area contributed by atoms with Crippen molar-refractivity contribution in [1.29, 1.82) is 0 Å². The second-order valence-electron chi connectivity index (χ2n) is 4.94. The van der Waals surface area contributed by atoms with Gasteiger partial charge in [-0.25, -0.2) is 0 Å². The van der Waals surface area contributed by atoms with Crippen LogP contribution in [-0.4, -0.2) is 22.7 Å². The van der Waals surface area contributed by atoms with Crippen LogP contribution in [0.15, 0.2) is 33.5 Å². The van der Waals surface area contributed by atoms with Gasteiger partial charge in [-0.2, -0.15) is 0 Å². The Labute approximate surface area is 145 Å². The zero-order chi connectivity index (χ0) is 18.5. The number of ether oxygens (including phenoxy) is 1. The van der Waals surface area contributed by atoms with Crippen LogP contribution in [0.25, 0.3) is 5.69 Å². The molecule has 0 aliphatic carbocycles. The monoisotopic (exact) mass is 417 g/mol. The predicted octanol–water partition coefficient (Wildman–Crippen LogP) is 1.96. The van der Waals surface area contributed by atoms with Crippen molar-refractivity contribution in [2.75, 3.05) is 5.73 Å².